The summed E-state index contributed by atoms with van der Waals surface area (Å²) in [4.78, 5) is 10.5. The molecule has 27 heavy (non-hydrogen) atoms. The van der Waals surface area contributed by atoms with Gasteiger partial charge in [-0.25, -0.2) is 9.67 Å². The predicted molar refractivity (Wildman–Crippen MR) is 106 cm³/mol. The molecule has 2 aliphatic carbocycles. The number of fused-ring (bicyclic) bond motifs is 1. The van der Waals surface area contributed by atoms with E-state index in [0.29, 0.717) is 6.04 Å². The van der Waals surface area contributed by atoms with Crippen molar-refractivity contribution in [2.24, 2.45) is 10.9 Å². The third-order valence-corrected chi connectivity index (χ3v) is 6.34. The molecule has 0 amide bonds. The molecule has 3 heterocycles. The van der Waals surface area contributed by atoms with Crippen LogP contribution in [-0.2, 0) is 11.4 Å². The Balaban J connectivity index is 1.52. The van der Waals surface area contributed by atoms with E-state index in [1.807, 2.05) is 17.1 Å². The highest BCUT2D eigenvalue weighted by Crippen LogP contribution is 2.44. The van der Waals surface area contributed by atoms with E-state index in [2.05, 4.69) is 22.5 Å². The van der Waals surface area contributed by atoms with Crippen LogP contribution in [-0.4, -0.2) is 38.2 Å². The van der Waals surface area contributed by atoms with Gasteiger partial charge < -0.3 is 15.9 Å². The zero-order valence-corrected chi connectivity index (χ0v) is 15.9. The van der Waals surface area contributed by atoms with Crippen LogP contribution in [0.5, 0.6) is 0 Å². The van der Waals surface area contributed by atoms with Gasteiger partial charge in [0.05, 0.1) is 23.0 Å². The van der Waals surface area contributed by atoms with Crippen molar-refractivity contribution in [1.29, 1.82) is 0 Å². The molecular weight excluding hydrogens is 340 g/mol. The quantitative estimate of drug-likeness (QED) is 0.865. The number of anilines is 1. The van der Waals surface area contributed by atoms with Crippen LogP contribution in [0.3, 0.4) is 0 Å². The first-order valence-electron chi connectivity index (χ1n) is 10.3. The highest BCUT2D eigenvalue weighted by atomic mass is 16.7. The lowest BCUT2D eigenvalue weighted by Gasteiger charge is -2.40. The summed E-state index contributed by atoms with van der Waals surface area (Å²) in [6.45, 7) is 2.90. The first kappa shape index (κ1) is 17.0. The Bertz CT molecular complexity index is 876. The number of hydrogen-bond acceptors (Lipinski definition) is 6. The van der Waals surface area contributed by atoms with E-state index < -0.39 is 0 Å². The van der Waals surface area contributed by atoms with Crippen LogP contribution in [0.25, 0.3) is 11.0 Å². The molecule has 2 aromatic heterocycles. The van der Waals surface area contributed by atoms with E-state index in [1.165, 1.54) is 32.1 Å². The fourth-order valence-electron chi connectivity index (χ4n) is 4.86. The second-order valence-corrected chi connectivity index (χ2v) is 8.38. The van der Waals surface area contributed by atoms with Gasteiger partial charge in [-0.3, -0.25) is 0 Å². The number of nitrogens with zero attached hydrogens (tertiary/aromatic N) is 4. The summed E-state index contributed by atoms with van der Waals surface area (Å²) in [5.74, 6) is 0. The van der Waals surface area contributed by atoms with Crippen LogP contribution in [0.1, 0.15) is 63.9 Å². The summed E-state index contributed by atoms with van der Waals surface area (Å²) in [5, 5.41) is 13.9. The Kier molecular flexibility index (Phi) is 4.07. The van der Waals surface area contributed by atoms with Gasteiger partial charge >= 0.3 is 0 Å². The van der Waals surface area contributed by atoms with Gasteiger partial charge in [0.2, 0.25) is 0 Å². The van der Waals surface area contributed by atoms with Gasteiger partial charge in [0.25, 0.3) is 0 Å². The normalized spacial score (nSPS) is 28.2. The van der Waals surface area contributed by atoms with E-state index in [9.17, 15) is 0 Å². The molecule has 7 heteroatoms. The van der Waals surface area contributed by atoms with Crippen molar-refractivity contribution in [2.45, 2.75) is 82.5 Å². The van der Waals surface area contributed by atoms with Crippen molar-refractivity contribution in [3.05, 3.63) is 18.0 Å². The third kappa shape index (κ3) is 2.88. The fourth-order valence-corrected chi connectivity index (χ4v) is 4.86. The van der Waals surface area contributed by atoms with Gasteiger partial charge in [0.1, 0.15) is 5.60 Å². The van der Waals surface area contributed by atoms with Gasteiger partial charge in [-0.2, -0.15) is 5.10 Å². The molecule has 2 aromatic rings. The average molecular weight is 368 g/mol. The maximum absolute atomic E-state index is 6.00. The van der Waals surface area contributed by atoms with Crippen LogP contribution >= 0.6 is 0 Å². The first-order chi connectivity index (χ1) is 13.2. The van der Waals surface area contributed by atoms with E-state index in [1.54, 1.807) is 0 Å². The lowest BCUT2D eigenvalue weighted by atomic mass is 9.73. The van der Waals surface area contributed by atoms with Crippen molar-refractivity contribution < 1.29 is 4.84 Å². The lowest BCUT2D eigenvalue weighted by molar-refractivity contribution is -0.0856. The number of aromatic nitrogens is 3. The molecule has 144 valence electrons. The lowest BCUT2D eigenvalue weighted by Crippen LogP contribution is -2.51. The minimum Gasteiger partial charge on any atom is -0.388 e. The van der Waals surface area contributed by atoms with Crippen molar-refractivity contribution in [2.75, 3.05) is 5.32 Å². The molecule has 0 unspecified atom stereocenters. The monoisotopic (exact) mass is 368 g/mol. The summed E-state index contributed by atoms with van der Waals surface area (Å²) in [6.07, 6.45) is 12.8. The minimum atomic E-state index is -0.181. The first-order valence-corrected chi connectivity index (χ1v) is 10.3. The van der Waals surface area contributed by atoms with Crippen LogP contribution in [0, 0.1) is 0 Å². The van der Waals surface area contributed by atoms with Gasteiger partial charge in [-0.1, -0.05) is 24.4 Å². The third-order valence-electron chi connectivity index (χ3n) is 6.34. The largest absolute Gasteiger partial charge is 0.388 e. The molecule has 3 N–H and O–H groups in total. The molecule has 0 bridgehead atoms. The van der Waals surface area contributed by atoms with Crippen molar-refractivity contribution in [3.63, 3.8) is 0 Å². The molecule has 2 saturated carbocycles. The summed E-state index contributed by atoms with van der Waals surface area (Å²) < 4.78 is 1.95. The van der Waals surface area contributed by atoms with Crippen molar-refractivity contribution in [1.82, 2.24) is 14.8 Å². The molecule has 0 atom stereocenters. The molecule has 0 radical (unpaired) electrons. The number of pyridine rings is 1. The standard InChI is InChI=1S/C20H28N6O/c1-2-26-19-16(12-23-26)18(24-14-6-4-3-5-7-14)15(11-22-19)17-10-20(27-25-17)8-13(21)9-20/h11-14H,2-10,21H2,1H3,(H,22,24). The average Bonchev–Trinajstić information content (AvgIpc) is 3.27. The number of hydrogen-bond donors (Lipinski definition) is 2. The predicted octanol–water partition coefficient (Wildman–Crippen LogP) is 3.18. The summed E-state index contributed by atoms with van der Waals surface area (Å²) >= 11 is 0. The minimum absolute atomic E-state index is 0.181. The van der Waals surface area contributed by atoms with Crippen LogP contribution < -0.4 is 11.1 Å². The van der Waals surface area contributed by atoms with Crippen molar-refractivity contribution >= 4 is 22.4 Å². The zero-order chi connectivity index (χ0) is 18.4. The Morgan fingerprint density at radius 1 is 1.26 bits per heavy atom. The molecule has 7 nitrogen and oxygen atoms in total. The number of nitrogens with one attached hydrogen (secondary N) is 1. The van der Waals surface area contributed by atoms with Crippen molar-refractivity contribution in [3.8, 4) is 0 Å². The van der Waals surface area contributed by atoms with Gasteiger partial charge in [-0.05, 0) is 19.8 Å². The SMILES string of the molecule is CCn1ncc2c(NC3CCCCC3)c(C3=NOC4(C3)CC(N)C4)cnc21. The van der Waals surface area contributed by atoms with Crippen LogP contribution in [0.15, 0.2) is 17.5 Å². The molecule has 2 fully saturated rings. The Hall–Kier alpha value is -2.15. The Labute approximate surface area is 159 Å². The van der Waals surface area contributed by atoms with E-state index >= 15 is 0 Å². The fraction of sp³-hybridized carbons (Fsp3) is 0.650. The summed E-state index contributed by atoms with van der Waals surface area (Å²) in [7, 11) is 0. The second kappa shape index (κ2) is 6.48. The molecule has 1 aliphatic heterocycles. The van der Waals surface area contributed by atoms with E-state index in [-0.39, 0.29) is 11.6 Å². The van der Waals surface area contributed by atoms with E-state index in [4.69, 9.17) is 15.6 Å². The zero-order valence-electron chi connectivity index (χ0n) is 15.9. The molecule has 0 aromatic carbocycles. The number of nitrogens with two attached hydrogens (primary N) is 1. The highest BCUT2D eigenvalue weighted by Gasteiger charge is 2.49. The van der Waals surface area contributed by atoms with Gasteiger partial charge in [0, 0.05) is 49.7 Å². The highest BCUT2D eigenvalue weighted by molar-refractivity contribution is 6.10. The number of aryl methyl sites for hydroxylation is 1. The molecule has 5 rings (SSSR count). The number of oxime groups is 1. The molecule has 0 saturated heterocycles. The topological polar surface area (TPSA) is 90.3 Å². The van der Waals surface area contributed by atoms with E-state index in [0.717, 1.165) is 53.8 Å². The van der Waals surface area contributed by atoms with Crippen LogP contribution in [0.4, 0.5) is 5.69 Å². The maximum atomic E-state index is 6.00. The smallest absolute Gasteiger partial charge is 0.159 e. The second-order valence-electron chi connectivity index (χ2n) is 8.38. The summed E-state index contributed by atoms with van der Waals surface area (Å²) in [6, 6.07) is 0.741. The Morgan fingerprint density at radius 2 is 2.07 bits per heavy atom. The summed E-state index contributed by atoms with van der Waals surface area (Å²) in [5.41, 5.74) is 9.91. The number of rotatable bonds is 4. The van der Waals surface area contributed by atoms with Gasteiger partial charge in [-0.15, -0.1) is 0 Å². The molecule has 3 aliphatic rings. The maximum Gasteiger partial charge on any atom is 0.159 e. The molecular formula is C20H28N6O. The van der Waals surface area contributed by atoms with Crippen LogP contribution in [0.2, 0.25) is 0 Å². The molecule has 1 spiro atoms. The Morgan fingerprint density at radius 3 is 2.81 bits per heavy atom. The van der Waals surface area contributed by atoms with Gasteiger partial charge in [0.15, 0.2) is 5.65 Å².